The zero-order valence-corrected chi connectivity index (χ0v) is 19.6. The molecule has 0 aliphatic heterocycles. The fourth-order valence-electron chi connectivity index (χ4n) is 4.12. The molecule has 0 atom stereocenters. The maximum atomic E-state index is 13.6. The third kappa shape index (κ3) is 4.31. The van der Waals surface area contributed by atoms with Gasteiger partial charge in [0.2, 0.25) is 0 Å². The van der Waals surface area contributed by atoms with Gasteiger partial charge in [-0.05, 0) is 55.3 Å². The van der Waals surface area contributed by atoms with E-state index in [1.165, 1.54) is 12.1 Å². The van der Waals surface area contributed by atoms with E-state index >= 15 is 0 Å². The lowest BCUT2D eigenvalue weighted by Crippen LogP contribution is -2.25. The summed E-state index contributed by atoms with van der Waals surface area (Å²) >= 11 is 0. The van der Waals surface area contributed by atoms with Crippen molar-refractivity contribution in [2.24, 2.45) is 7.05 Å². The first-order valence-corrected chi connectivity index (χ1v) is 11.8. The van der Waals surface area contributed by atoms with Crippen molar-refractivity contribution < 1.29 is 9.18 Å². The third-order valence-corrected chi connectivity index (χ3v) is 6.35. The molecule has 1 aliphatic carbocycles. The Balaban J connectivity index is 1.39. The van der Waals surface area contributed by atoms with Gasteiger partial charge in [-0.2, -0.15) is 5.10 Å². The van der Waals surface area contributed by atoms with Gasteiger partial charge in [0.15, 0.2) is 11.5 Å². The molecule has 0 radical (unpaired) electrons. The highest BCUT2D eigenvalue weighted by molar-refractivity contribution is 5.95. The average Bonchev–Trinajstić information content (AvgIpc) is 3.45. The Labute approximate surface area is 206 Å². The number of aromatic nitrogens is 5. The summed E-state index contributed by atoms with van der Waals surface area (Å²) in [6.07, 6.45) is 7.53. The quantitative estimate of drug-likeness (QED) is 0.359. The van der Waals surface area contributed by atoms with Crippen molar-refractivity contribution in [3.63, 3.8) is 0 Å². The minimum absolute atomic E-state index is 0.0494. The summed E-state index contributed by atoms with van der Waals surface area (Å²) in [5, 5.41) is 10.6. The number of anilines is 1. The van der Waals surface area contributed by atoms with E-state index in [-0.39, 0.29) is 11.7 Å². The predicted molar refractivity (Wildman–Crippen MR) is 135 cm³/mol. The van der Waals surface area contributed by atoms with E-state index in [4.69, 9.17) is 4.98 Å². The lowest BCUT2D eigenvalue weighted by Gasteiger charge is -2.12. The normalized spacial score (nSPS) is 13.2. The summed E-state index contributed by atoms with van der Waals surface area (Å²) < 4.78 is 17.3. The topological polar surface area (TPSA) is 89.1 Å². The highest BCUT2D eigenvalue weighted by Gasteiger charge is 2.23. The van der Waals surface area contributed by atoms with Crippen LogP contribution >= 0.6 is 0 Å². The predicted octanol–water partition coefficient (Wildman–Crippen LogP) is 4.44. The van der Waals surface area contributed by atoms with E-state index in [9.17, 15) is 9.18 Å². The van der Waals surface area contributed by atoms with Gasteiger partial charge >= 0.3 is 0 Å². The number of imidazole rings is 1. The summed E-state index contributed by atoms with van der Waals surface area (Å²) in [6.45, 7) is 0.513. The lowest BCUT2D eigenvalue weighted by molar-refractivity contribution is 0.0951. The van der Waals surface area contributed by atoms with Crippen molar-refractivity contribution >= 4 is 17.4 Å². The van der Waals surface area contributed by atoms with Crippen LogP contribution in [-0.4, -0.2) is 36.1 Å². The molecular weight excluding hydrogens is 457 g/mol. The van der Waals surface area contributed by atoms with Crippen LogP contribution in [0.3, 0.4) is 0 Å². The molecule has 5 aromatic rings. The van der Waals surface area contributed by atoms with Crippen molar-refractivity contribution in [2.75, 3.05) is 5.32 Å². The van der Waals surface area contributed by atoms with Crippen LogP contribution in [0.1, 0.15) is 28.9 Å². The second-order valence-electron chi connectivity index (χ2n) is 8.94. The molecule has 2 aromatic carbocycles. The van der Waals surface area contributed by atoms with Gasteiger partial charge in [0.05, 0.1) is 29.8 Å². The second kappa shape index (κ2) is 8.92. The molecule has 3 heterocycles. The van der Waals surface area contributed by atoms with Gasteiger partial charge in [0, 0.05) is 42.2 Å². The number of benzene rings is 2. The number of halogens is 1. The Morgan fingerprint density at radius 2 is 1.81 bits per heavy atom. The molecule has 1 aliphatic rings. The van der Waals surface area contributed by atoms with Gasteiger partial charge in [-0.15, -0.1) is 0 Å². The van der Waals surface area contributed by atoms with Gasteiger partial charge in [0.1, 0.15) is 5.82 Å². The van der Waals surface area contributed by atoms with Gasteiger partial charge in [-0.3, -0.25) is 13.9 Å². The molecule has 2 N–H and O–H groups in total. The zero-order chi connectivity index (χ0) is 24.6. The number of nitrogens with zero attached hydrogens (tertiary/aromatic N) is 5. The number of hydrogen-bond acceptors (Lipinski definition) is 5. The minimum Gasteiger partial charge on any atom is -0.361 e. The number of rotatable bonds is 7. The second-order valence-corrected chi connectivity index (χ2v) is 8.94. The smallest absolute Gasteiger partial charge is 0.251 e. The highest BCUT2D eigenvalue weighted by Crippen LogP contribution is 2.28. The molecule has 9 heteroatoms. The molecular formula is C27H24FN7O. The third-order valence-electron chi connectivity index (χ3n) is 6.35. The maximum Gasteiger partial charge on any atom is 0.251 e. The zero-order valence-electron chi connectivity index (χ0n) is 19.6. The van der Waals surface area contributed by atoms with Crippen LogP contribution in [-0.2, 0) is 13.6 Å². The van der Waals surface area contributed by atoms with Crippen LogP contribution in [0, 0.1) is 5.82 Å². The van der Waals surface area contributed by atoms with Gasteiger partial charge in [-0.1, -0.05) is 12.1 Å². The number of aryl methyl sites for hydroxylation is 1. The fourth-order valence-corrected chi connectivity index (χ4v) is 4.12. The van der Waals surface area contributed by atoms with Crippen LogP contribution in [0.4, 0.5) is 10.2 Å². The number of amides is 1. The molecule has 3 aromatic heterocycles. The van der Waals surface area contributed by atoms with Gasteiger partial charge in [0.25, 0.3) is 5.91 Å². The molecule has 1 saturated carbocycles. The number of fused-ring (bicyclic) bond motifs is 1. The van der Waals surface area contributed by atoms with Crippen molar-refractivity contribution in [3.05, 3.63) is 90.3 Å². The molecule has 0 bridgehead atoms. The highest BCUT2D eigenvalue weighted by atomic mass is 19.1. The van der Waals surface area contributed by atoms with Crippen molar-refractivity contribution in [1.29, 1.82) is 0 Å². The number of hydrogen-bond donors (Lipinski definition) is 2. The molecule has 6 rings (SSSR count). The van der Waals surface area contributed by atoms with E-state index < -0.39 is 0 Å². The average molecular weight is 482 g/mol. The molecule has 1 amide bonds. The fraction of sp³-hybridized carbons (Fsp3) is 0.185. The SMILES string of the molecule is Cn1nccc1CNc1nc(-c2ccc(F)cc2)cn2c(-c3ccc(C(=O)NC4CC4)cc3)cnc12. The first kappa shape index (κ1) is 22.0. The Hall–Kier alpha value is -4.53. The van der Waals surface area contributed by atoms with Crippen LogP contribution < -0.4 is 10.6 Å². The largest absolute Gasteiger partial charge is 0.361 e. The van der Waals surface area contributed by atoms with E-state index in [1.807, 2.05) is 48.0 Å². The lowest BCUT2D eigenvalue weighted by atomic mass is 10.1. The maximum absolute atomic E-state index is 13.6. The molecule has 8 nitrogen and oxygen atoms in total. The molecule has 1 fully saturated rings. The molecule has 180 valence electrons. The van der Waals surface area contributed by atoms with Crippen molar-refractivity contribution in [1.82, 2.24) is 29.5 Å². The summed E-state index contributed by atoms with van der Waals surface area (Å²) in [6, 6.07) is 16.0. The first-order chi connectivity index (χ1) is 17.5. The Kier molecular flexibility index (Phi) is 5.44. The van der Waals surface area contributed by atoms with Crippen LogP contribution in [0.2, 0.25) is 0 Å². The first-order valence-electron chi connectivity index (χ1n) is 11.8. The molecule has 0 spiro atoms. The van der Waals surface area contributed by atoms with E-state index in [2.05, 4.69) is 20.7 Å². The molecule has 0 unspecified atom stereocenters. The molecule has 36 heavy (non-hydrogen) atoms. The van der Waals surface area contributed by atoms with Crippen LogP contribution in [0.25, 0.3) is 28.2 Å². The number of carbonyl (C=O) groups excluding carboxylic acids is 1. The van der Waals surface area contributed by atoms with E-state index in [1.54, 1.807) is 29.2 Å². The summed E-state index contributed by atoms with van der Waals surface area (Å²) in [5.74, 6) is 0.250. The van der Waals surface area contributed by atoms with Crippen molar-refractivity contribution in [3.8, 4) is 22.5 Å². The van der Waals surface area contributed by atoms with Gasteiger partial charge < -0.3 is 10.6 Å². The summed E-state index contributed by atoms with van der Waals surface area (Å²) in [5.41, 5.74) is 5.52. The monoisotopic (exact) mass is 481 g/mol. The Morgan fingerprint density at radius 3 is 2.50 bits per heavy atom. The molecule has 0 saturated heterocycles. The van der Waals surface area contributed by atoms with Crippen LogP contribution in [0.5, 0.6) is 0 Å². The van der Waals surface area contributed by atoms with Crippen LogP contribution in [0.15, 0.2) is 73.2 Å². The van der Waals surface area contributed by atoms with Gasteiger partial charge in [-0.25, -0.2) is 14.4 Å². The summed E-state index contributed by atoms with van der Waals surface area (Å²) in [4.78, 5) is 21.8. The number of carbonyl (C=O) groups is 1. The number of nitrogens with one attached hydrogen (secondary N) is 2. The minimum atomic E-state index is -0.302. The Morgan fingerprint density at radius 1 is 1.06 bits per heavy atom. The van der Waals surface area contributed by atoms with Crippen molar-refractivity contribution in [2.45, 2.75) is 25.4 Å². The Bertz CT molecular complexity index is 1550. The summed E-state index contributed by atoms with van der Waals surface area (Å²) in [7, 11) is 1.89. The van der Waals surface area contributed by atoms with E-state index in [0.717, 1.165) is 35.4 Å². The van der Waals surface area contributed by atoms with E-state index in [0.29, 0.717) is 35.3 Å². The standard InChI is InChI=1S/C27H24FN7O/c1-34-22(12-13-31-34)14-29-25-26-30-15-24(18-2-4-19(5-3-18)27(36)32-21-10-11-21)35(26)16-23(33-25)17-6-8-20(28)9-7-17/h2-9,12-13,15-16,21H,10-11,14H2,1H3,(H,29,33)(H,32,36).